The number of hydrogen-bond donors (Lipinski definition) is 1. The molecule has 0 aliphatic rings. The Balaban J connectivity index is 3.97. The summed E-state index contributed by atoms with van der Waals surface area (Å²) in [6.07, 6.45) is -4.18. The fraction of sp³-hybridized carbons (Fsp3) is 0.900. The second-order valence-electron chi connectivity index (χ2n) is 4.33. The number of rotatable bonds is 8. The number of nitrogens with one attached hydrogen (secondary N) is 1. The first-order valence-corrected chi connectivity index (χ1v) is 8.63. The van der Waals surface area contributed by atoms with Crippen molar-refractivity contribution < 1.29 is 31.1 Å². The van der Waals surface area contributed by atoms with E-state index in [0.717, 1.165) is 0 Å². The summed E-state index contributed by atoms with van der Waals surface area (Å²) in [4.78, 5) is 11.5. The number of carbonyl (C=O) groups excluding carboxylic acids is 1. The first-order chi connectivity index (χ1) is 8.90. The third-order valence-corrected chi connectivity index (χ3v) is 4.92. The Morgan fingerprint density at radius 2 is 1.90 bits per heavy atom. The molecule has 1 atom stereocenters. The van der Waals surface area contributed by atoms with Gasteiger partial charge in [-0.25, -0.2) is 8.42 Å². The van der Waals surface area contributed by atoms with Crippen LogP contribution >= 0.6 is 22.6 Å². The number of sulfone groups is 1. The van der Waals surface area contributed by atoms with Crippen molar-refractivity contribution in [2.45, 2.75) is 29.9 Å². The minimum Gasteiger partial charge on any atom is -0.463 e. The highest BCUT2D eigenvalue weighted by Crippen LogP contribution is 2.23. The Labute approximate surface area is 129 Å². The van der Waals surface area contributed by atoms with E-state index >= 15 is 0 Å². The van der Waals surface area contributed by atoms with E-state index in [9.17, 15) is 26.4 Å². The summed E-state index contributed by atoms with van der Waals surface area (Å²) in [6.45, 7) is 3.38. The molecule has 10 heteroatoms. The van der Waals surface area contributed by atoms with Gasteiger partial charge in [0.2, 0.25) is 0 Å². The SMILES string of the molecule is CCC(C)(I)C(=O)OCCNCS(=O)(=O)CC(F)(F)F. The minimum absolute atomic E-state index is 0.0285. The highest BCUT2D eigenvalue weighted by molar-refractivity contribution is 14.1. The summed E-state index contributed by atoms with van der Waals surface area (Å²) in [5.41, 5.74) is 0. The van der Waals surface area contributed by atoms with Crippen LogP contribution in [0.25, 0.3) is 0 Å². The lowest BCUT2D eigenvalue weighted by Crippen LogP contribution is -2.35. The summed E-state index contributed by atoms with van der Waals surface area (Å²) < 4.78 is 62.1. The second kappa shape index (κ2) is 7.78. The lowest BCUT2D eigenvalue weighted by atomic mass is 10.1. The number of ether oxygens (including phenoxy) is 1. The summed E-state index contributed by atoms with van der Waals surface area (Å²) >= 11 is 1.94. The molecule has 1 N–H and O–H groups in total. The number of alkyl halides is 4. The Hall–Kier alpha value is -0.100. The molecule has 0 amide bonds. The monoisotopic (exact) mass is 431 g/mol. The van der Waals surface area contributed by atoms with Crippen LogP contribution in [0, 0.1) is 0 Å². The molecule has 0 aromatic heterocycles. The molecular formula is C10H17F3INO4S. The van der Waals surface area contributed by atoms with Crippen LogP contribution < -0.4 is 5.32 Å². The van der Waals surface area contributed by atoms with E-state index < -0.39 is 37.0 Å². The van der Waals surface area contributed by atoms with Crippen LogP contribution in [0.5, 0.6) is 0 Å². The van der Waals surface area contributed by atoms with E-state index in [4.69, 9.17) is 4.74 Å². The van der Waals surface area contributed by atoms with Gasteiger partial charge in [-0.05, 0) is 13.3 Å². The minimum atomic E-state index is -4.75. The van der Waals surface area contributed by atoms with Crippen LogP contribution in [0.15, 0.2) is 0 Å². The molecule has 0 radical (unpaired) electrons. The van der Waals surface area contributed by atoms with Gasteiger partial charge in [0.25, 0.3) is 0 Å². The third-order valence-electron chi connectivity index (χ3n) is 2.31. The molecule has 0 saturated carbocycles. The average molecular weight is 431 g/mol. The van der Waals surface area contributed by atoms with Crippen molar-refractivity contribution in [3.8, 4) is 0 Å². The molecule has 0 rings (SSSR count). The molecule has 0 fully saturated rings. The van der Waals surface area contributed by atoms with Gasteiger partial charge in [-0.3, -0.25) is 4.79 Å². The molecule has 0 aliphatic carbocycles. The fourth-order valence-corrected chi connectivity index (χ4v) is 2.25. The molecule has 0 aromatic rings. The zero-order valence-corrected chi connectivity index (χ0v) is 14.1. The molecule has 0 saturated heterocycles. The molecule has 0 bridgehead atoms. The Morgan fingerprint density at radius 3 is 2.35 bits per heavy atom. The molecular weight excluding hydrogens is 414 g/mol. The first kappa shape index (κ1) is 19.9. The fourth-order valence-electron chi connectivity index (χ4n) is 1.04. The highest BCUT2D eigenvalue weighted by Gasteiger charge is 2.34. The largest absolute Gasteiger partial charge is 0.463 e. The topological polar surface area (TPSA) is 72.5 Å². The lowest BCUT2D eigenvalue weighted by Gasteiger charge is -2.18. The molecule has 0 aliphatic heterocycles. The normalized spacial score (nSPS) is 15.7. The van der Waals surface area contributed by atoms with Crippen molar-refractivity contribution >= 4 is 38.4 Å². The molecule has 5 nitrogen and oxygen atoms in total. The Morgan fingerprint density at radius 1 is 1.35 bits per heavy atom. The van der Waals surface area contributed by atoms with Crippen molar-refractivity contribution in [1.82, 2.24) is 5.32 Å². The van der Waals surface area contributed by atoms with Crippen molar-refractivity contribution in [1.29, 1.82) is 0 Å². The van der Waals surface area contributed by atoms with Crippen LogP contribution in [-0.2, 0) is 19.4 Å². The molecule has 120 valence electrons. The predicted molar refractivity (Wildman–Crippen MR) is 76.4 cm³/mol. The van der Waals surface area contributed by atoms with Gasteiger partial charge in [-0.1, -0.05) is 29.5 Å². The summed E-state index contributed by atoms with van der Waals surface area (Å²) in [7, 11) is -4.25. The van der Waals surface area contributed by atoms with Crippen LogP contribution in [0.1, 0.15) is 20.3 Å². The van der Waals surface area contributed by atoms with Gasteiger partial charge in [-0.15, -0.1) is 0 Å². The maximum Gasteiger partial charge on any atom is 0.402 e. The van der Waals surface area contributed by atoms with Crippen LogP contribution in [-0.4, -0.2) is 48.8 Å². The molecule has 0 spiro atoms. The van der Waals surface area contributed by atoms with Gasteiger partial charge in [0.1, 0.15) is 15.8 Å². The standard InChI is InChI=1S/C10H17F3INO4S/c1-3-9(2,14)8(16)19-5-4-15-7-20(17,18)6-10(11,12)13/h15H,3-7H2,1-2H3. The van der Waals surface area contributed by atoms with Crippen molar-refractivity contribution in [2.75, 3.05) is 24.8 Å². The van der Waals surface area contributed by atoms with E-state index in [0.29, 0.717) is 6.42 Å². The van der Waals surface area contributed by atoms with Gasteiger partial charge in [0.15, 0.2) is 9.84 Å². The van der Waals surface area contributed by atoms with Gasteiger partial charge in [-0.2, -0.15) is 13.2 Å². The van der Waals surface area contributed by atoms with E-state index in [-0.39, 0.29) is 13.2 Å². The maximum atomic E-state index is 11.9. The Kier molecular flexibility index (Phi) is 7.74. The van der Waals surface area contributed by atoms with Crippen LogP contribution in [0.2, 0.25) is 0 Å². The van der Waals surface area contributed by atoms with E-state index in [1.165, 1.54) is 0 Å². The zero-order valence-electron chi connectivity index (χ0n) is 11.1. The quantitative estimate of drug-likeness (QED) is 0.274. The van der Waals surface area contributed by atoms with Crippen LogP contribution in [0.4, 0.5) is 13.2 Å². The van der Waals surface area contributed by atoms with Crippen molar-refractivity contribution in [2.24, 2.45) is 0 Å². The van der Waals surface area contributed by atoms with E-state index in [2.05, 4.69) is 5.32 Å². The average Bonchev–Trinajstić information content (AvgIpc) is 2.24. The second-order valence-corrected chi connectivity index (χ2v) is 8.78. The summed E-state index contributed by atoms with van der Waals surface area (Å²) in [6, 6.07) is 0. The molecule has 20 heavy (non-hydrogen) atoms. The zero-order chi connectivity index (χ0) is 16.0. The van der Waals surface area contributed by atoms with Crippen LogP contribution in [0.3, 0.4) is 0 Å². The van der Waals surface area contributed by atoms with Gasteiger partial charge < -0.3 is 10.1 Å². The molecule has 0 heterocycles. The number of hydrogen-bond acceptors (Lipinski definition) is 5. The summed E-state index contributed by atoms with van der Waals surface area (Å²) in [5, 5.41) is 2.31. The predicted octanol–water partition coefficient (Wildman–Crippen LogP) is 1.66. The Bertz CT molecular complexity index is 423. The van der Waals surface area contributed by atoms with E-state index in [1.807, 2.05) is 29.5 Å². The third kappa shape index (κ3) is 8.95. The smallest absolute Gasteiger partial charge is 0.402 e. The highest BCUT2D eigenvalue weighted by atomic mass is 127. The number of halogens is 4. The van der Waals surface area contributed by atoms with Gasteiger partial charge >= 0.3 is 12.1 Å². The number of esters is 1. The molecule has 0 aromatic carbocycles. The van der Waals surface area contributed by atoms with Crippen molar-refractivity contribution in [3.63, 3.8) is 0 Å². The molecule has 1 unspecified atom stereocenters. The lowest BCUT2D eigenvalue weighted by molar-refractivity contribution is -0.145. The van der Waals surface area contributed by atoms with Gasteiger partial charge in [0.05, 0.1) is 5.88 Å². The maximum absolute atomic E-state index is 11.9. The van der Waals surface area contributed by atoms with Gasteiger partial charge in [0, 0.05) is 6.54 Å². The number of carbonyl (C=O) groups is 1. The first-order valence-electron chi connectivity index (χ1n) is 5.73. The van der Waals surface area contributed by atoms with Crippen molar-refractivity contribution in [3.05, 3.63) is 0 Å². The summed E-state index contributed by atoms with van der Waals surface area (Å²) in [5.74, 6) is -3.12. The van der Waals surface area contributed by atoms with E-state index in [1.54, 1.807) is 6.92 Å².